The Morgan fingerprint density at radius 1 is 1.10 bits per heavy atom. The Kier molecular flexibility index (Phi) is 5.03. The third-order valence-corrected chi connectivity index (χ3v) is 4.58. The molecule has 1 N–H and O–H groups in total. The second-order valence-electron chi connectivity index (χ2n) is 6.69. The normalized spacial score (nSPS) is 12.4. The number of methoxy groups -OCH3 is 2. The highest BCUT2D eigenvalue weighted by atomic mass is 16.5. The van der Waals surface area contributed by atoms with Gasteiger partial charge in [-0.15, -0.1) is 0 Å². The minimum atomic E-state index is -0.252. The van der Waals surface area contributed by atoms with Gasteiger partial charge >= 0.3 is 0 Å². The van der Waals surface area contributed by atoms with Crippen molar-refractivity contribution in [1.82, 2.24) is 4.98 Å². The largest absolute Gasteiger partial charge is 0.493 e. The lowest BCUT2D eigenvalue weighted by atomic mass is 10.1. The van der Waals surface area contributed by atoms with Crippen LogP contribution in [0.1, 0.15) is 22.3 Å². The van der Waals surface area contributed by atoms with Gasteiger partial charge in [-0.3, -0.25) is 9.79 Å². The van der Waals surface area contributed by atoms with Crippen molar-refractivity contribution < 1.29 is 18.7 Å². The van der Waals surface area contributed by atoms with E-state index in [1.807, 2.05) is 31.2 Å². The molecular weight excluding hydrogens is 370 g/mol. The first kappa shape index (κ1) is 18.7. The van der Waals surface area contributed by atoms with Gasteiger partial charge in [-0.05, 0) is 61.4 Å². The summed E-state index contributed by atoms with van der Waals surface area (Å²) in [6.07, 6.45) is 2.84. The van der Waals surface area contributed by atoms with E-state index in [2.05, 4.69) is 15.3 Å². The maximum absolute atomic E-state index is 12.7. The zero-order valence-electron chi connectivity index (χ0n) is 16.5. The van der Waals surface area contributed by atoms with Crippen LogP contribution in [0.15, 0.2) is 45.8 Å². The molecule has 0 bridgehead atoms. The summed E-state index contributed by atoms with van der Waals surface area (Å²) in [5, 5.41) is 2.92. The van der Waals surface area contributed by atoms with Crippen molar-refractivity contribution >= 4 is 17.7 Å². The number of ether oxygens (including phenoxy) is 2. The number of hydrogen-bond acceptors (Lipinski definition) is 6. The molecule has 7 nitrogen and oxygen atoms in total. The lowest BCUT2D eigenvalue weighted by molar-refractivity contribution is 0.102. The monoisotopic (exact) mass is 391 g/mol. The molecule has 1 aromatic heterocycles. The topological polar surface area (TPSA) is 86.0 Å². The molecule has 3 aromatic rings. The van der Waals surface area contributed by atoms with Gasteiger partial charge in [-0.25, -0.2) is 0 Å². The average Bonchev–Trinajstić information content (AvgIpc) is 3.17. The smallest absolute Gasteiger partial charge is 0.255 e. The lowest BCUT2D eigenvalue weighted by Crippen LogP contribution is -2.25. The Morgan fingerprint density at radius 2 is 1.93 bits per heavy atom. The van der Waals surface area contributed by atoms with E-state index in [9.17, 15) is 4.79 Å². The predicted octanol–water partition coefficient (Wildman–Crippen LogP) is 2.72. The van der Waals surface area contributed by atoms with E-state index in [1.165, 1.54) is 7.11 Å². The second-order valence-corrected chi connectivity index (χ2v) is 6.69. The molecule has 29 heavy (non-hydrogen) atoms. The molecule has 0 unspecified atom stereocenters. The van der Waals surface area contributed by atoms with Gasteiger partial charge in [-0.1, -0.05) is 0 Å². The SMILES string of the molecule is COc1ccc(C(=O)Nc2cc(C)cc(-c3nc4c(o3)=CCCN=4)c2)cc1OC. The van der Waals surface area contributed by atoms with Crippen LogP contribution in [0.4, 0.5) is 5.69 Å². The number of aryl methyl sites for hydroxylation is 1. The van der Waals surface area contributed by atoms with Crippen molar-refractivity contribution in [3.05, 3.63) is 58.4 Å². The number of amides is 1. The molecule has 0 saturated heterocycles. The van der Waals surface area contributed by atoms with E-state index >= 15 is 0 Å². The molecule has 1 amide bonds. The first-order valence-electron chi connectivity index (χ1n) is 9.24. The maximum atomic E-state index is 12.7. The molecule has 0 fully saturated rings. The number of rotatable bonds is 5. The third-order valence-electron chi connectivity index (χ3n) is 4.58. The highest BCUT2D eigenvalue weighted by molar-refractivity contribution is 6.05. The molecule has 0 aliphatic carbocycles. The summed E-state index contributed by atoms with van der Waals surface area (Å²) in [5.74, 6) is 1.30. The molecule has 1 aliphatic heterocycles. The van der Waals surface area contributed by atoms with Crippen LogP contribution in [0, 0.1) is 6.92 Å². The van der Waals surface area contributed by atoms with Crippen molar-refractivity contribution in [2.24, 2.45) is 4.99 Å². The Morgan fingerprint density at radius 3 is 2.69 bits per heavy atom. The van der Waals surface area contributed by atoms with Crippen molar-refractivity contribution in [1.29, 1.82) is 0 Å². The van der Waals surface area contributed by atoms with E-state index in [1.54, 1.807) is 25.3 Å². The Balaban J connectivity index is 1.63. The van der Waals surface area contributed by atoms with E-state index in [0.717, 1.165) is 24.1 Å². The fraction of sp³-hybridized carbons (Fsp3) is 0.227. The van der Waals surface area contributed by atoms with Crippen molar-refractivity contribution in [2.75, 3.05) is 26.1 Å². The summed E-state index contributed by atoms with van der Waals surface area (Å²) < 4.78 is 16.3. The zero-order chi connectivity index (χ0) is 20.4. The van der Waals surface area contributed by atoms with E-state index in [0.29, 0.717) is 39.5 Å². The highest BCUT2D eigenvalue weighted by Crippen LogP contribution is 2.28. The number of anilines is 1. The number of carbonyl (C=O) groups excluding carboxylic acids is 1. The van der Waals surface area contributed by atoms with Crippen LogP contribution in [0.3, 0.4) is 0 Å². The molecule has 2 heterocycles. The minimum absolute atomic E-state index is 0.252. The summed E-state index contributed by atoms with van der Waals surface area (Å²) in [7, 11) is 3.09. The minimum Gasteiger partial charge on any atom is -0.493 e. The molecule has 4 rings (SSSR count). The summed E-state index contributed by atoms with van der Waals surface area (Å²) >= 11 is 0. The van der Waals surface area contributed by atoms with Crippen LogP contribution in [0.2, 0.25) is 0 Å². The molecule has 2 aromatic carbocycles. The number of oxazole rings is 1. The predicted molar refractivity (Wildman–Crippen MR) is 109 cm³/mol. The van der Waals surface area contributed by atoms with Crippen LogP contribution in [-0.4, -0.2) is 31.7 Å². The first-order chi connectivity index (χ1) is 14.1. The molecular formula is C22H21N3O4. The van der Waals surface area contributed by atoms with Crippen LogP contribution in [0.25, 0.3) is 17.5 Å². The Labute approximate surface area is 167 Å². The fourth-order valence-electron chi connectivity index (χ4n) is 3.22. The van der Waals surface area contributed by atoms with Gasteiger partial charge in [0.2, 0.25) is 5.89 Å². The molecule has 0 atom stereocenters. The van der Waals surface area contributed by atoms with Crippen LogP contribution in [-0.2, 0) is 0 Å². The summed E-state index contributed by atoms with van der Waals surface area (Å²) in [4.78, 5) is 21.6. The molecule has 0 saturated carbocycles. The summed E-state index contributed by atoms with van der Waals surface area (Å²) in [6.45, 7) is 2.67. The van der Waals surface area contributed by atoms with Gasteiger partial charge < -0.3 is 19.2 Å². The number of nitrogens with zero attached hydrogens (tertiary/aromatic N) is 2. The van der Waals surface area contributed by atoms with Crippen LogP contribution < -0.4 is 25.7 Å². The van der Waals surface area contributed by atoms with E-state index in [-0.39, 0.29) is 5.91 Å². The zero-order valence-corrected chi connectivity index (χ0v) is 16.5. The van der Waals surface area contributed by atoms with Crippen LogP contribution >= 0.6 is 0 Å². The second kappa shape index (κ2) is 7.79. The first-order valence-corrected chi connectivity index (χ1v) is 9.24. The number of hydrogen-bond donors (Lipinski definition) is 1. The lowest BCUT2D eigenvalue weighted by Gasteiger charge is -2.11. The molecule has 1 aliphatic rings. The molecule has 0 spiro atoms. The van der Waals surface area contributed by atoms with E-state index < -0.39 is 0 Å². The molecule has 148 valence electrons. The average molecular weight is 391 g/mol. The Hall–Kier alpha value is -3.61. The van der Waals surface area contributed by atoms with Gasteiger partial charge in [0.25, 0.3) is 5.91 Å². The summed E-state index contributed by atoms with van der Waals surface area (Å²) in [5.41, 5.74) is 4.20. The van der Waals surface area contributed by atoms with Crippen molar-refractivity contribution in [3.63, 3.8) is 0 Å². The standard InChI is InChI=1S/C22H21N3O4/c1-13-9-15(22-25-20-18(29-22)5-4-8-23-20)11-16(10-13)24-21(26)14-6-7-17(27-2)19(12-14)28-3/h5-7,9-12H,4,8H2,1-3H3,(H,24,26). The number of carbonyl (C=O) groups is 1. The Bertz CT molecular complexity index is 1160. The number of fused-ring (bicyclic) bond motifs is 1. The van der Waals surface area contributed by atoms with Gasteiger partial charge in [0.05, 0.1) is 14.2 Å². The van der Waals surface area contributed by atoms with Crippen molar-refractivity contribution in [3.8, 4) is 23.0 Å². The maximum Gasteiger partial charge on any atom is 0.255 e. The number of aromatic nitrogens is 1. The van der Waals surface area contributed by atoms with E-state index in [4.69, 9.17) is 13.9 Å². The highest BCUT2D eigenvalue weighted by Gasteiger charge is 2.14. The van der Waals surface area contributed by atoms with Gasteiger partial charge in [-0.2, -0.15) is 4.98 Å². The van der Waals surface area contributed by atoms with Crippen LogP contribution in [0.5, 0.6) is 11.5 Å². The fourth-order valence-corrected chi connectivity index (χ4v) is 3.22. The number of benzene rings is 2. The van der Waals surface area contributed by atoms with Crippen molar-refractivity contribution in [2.45, 2.75) is 13.3 Å². The molecule has 7 heteroatoms. The number of nitrogens with one attached hydrogen (secondary N) is 1. The molecule has 0 radical (unpaired) electrons. The summed E-state index contributed by atoms with van der Waals surface area (Å²) in [6, 6.07) is 10.7. The quantitative estimate of drug-likeness (QED) is 0.723. The van der Waals surface area contributed by atoms with Gasteiger partial charge in [0.15, 0.2) is 22.4 Å². The van der Waals surface area contributed by atoms with Gasteiger partial charge in [0, 0.05) is 23.4 Å². The third kappa shape index (κ3) is 3.85. The van der Waals surface area contributed by atoms with Gasteiger partial charge in [0.1, 0.15) is 0 Å².